The molecule has 1 saturated heterocycles. The van der Waals surface area contributed by atoms with Gasteiger partial charge in [-0.3, -0.25) is 9.69 Å². The maximum Gasteiger partial charge on any atom is 0.241 e. The van der Waals surface area contributed by atoms with Crippen molar-refractivity contribution in [1.29, 1.82) is 0 Å². The Hall–Kier alpha value is -1.73. The van der Waals surface area contributed by atoms with Gasteiger partial charge in [-0.05, 0) is 43.3 Å². The number of aliphatic imine (C=N–C) groups is 1. The van der Waals surface area contributed by atoms with Crippen molar-refractivity contribution in [1.82, 2.24) is 20.4 Å². The summed E-state index contributed by atoms with van der Waals surface area (Å²) in [6.45, 7) is 5.13. The second-order valence-electron chi connectivity index (χ2n) is 7.38. The number of guanidine groups is 1. The molecule has 0 bridgehead atoms. The van der Waals surface area contributed by atoms with Crippen LogP contribution in [0.5, 0.6) is 0 Å². The summed E-state index contributed by atoms with van der Waals surface area (Å²) < 4.78 is 0. The van der Waals surface area contributed by atoms with E-state index in [-0.39, 0.29) is 12.5 Å². The molecule has 1 amide bonds. The highest BCUT2D eigenvalue weighted by Crippen LogP contribution is 2.14. The van der Waals surface area contributed by atoms with Crippen molar-refractivity contribution < 1.29 is 4.79 Å². The van der Waals surface area contributed by atoms with Gasteiger partial charge in [0.1, 0.15) is 0 Å². The molecule has 2 rings (SSSR count). The smallest absolute Gasteiger partial charge is 0.241 e. The number of rotatable bonds is 9. The quantitative estimate of drug-likeness (QED) is 0.375. The summed E-state index contributed by atoms with van der Waals surface area (Å²) in [5.74, 6) is 1.70. The van der Waals surface area contributed by atoms with Crippen LogP contribution < -0.4 is 10.6 Å². The summed E-state index contributed by atoms with van der Waals surface area (Å²) in [6.07, 6.45) is 6.09. The number of amides is 1. The molecule has 1 aliphatic rings. The first-order valence-corrected chi connectivity index (χ1v) is 11.5. The largest absolute Gasteiger partial charge is 0.356 e. The Balaban J connectivity index is 1.88. The van der Waals surface area contributed by atoms with Crippen LogP contribution in [0.4, 0.5) is 0 Å². The number of carbonyl (C=O) groups excluding carboxylic acids is 1. The predicted molar refractivity (Wildman–Crippen MR) is 120 cm³/mol. The fourth-order valence-electron chi connectivity index (χ4n) is 3.06. The molecule has 0 radical (unpaired) electrons. The molecule has 1 heterocycles. The van der Waals surface area contributed by atoms with Gasteiger partial charge in [-0.1, -0.05) is 30.7 Å². The first kappa shape index (κ1) is 22.6. The third-order valence-corrected chi connectivity index (χ3v) is 5.41. The van der Waals surface area contributed by atoms with Gasteiger partial charge < -0.3 is 15.5 Å². The summed E-state index contributed by atoms with van der Waals surface area (Å²) in [5, 5.41) is 6.42. The standard InChI is InChI=1S/C21H35N5OS/c1-25(2)20(27)16-24-21(22-11-14-28-3)23-15-18-7-9-19(10-8-18)17-26-12-5-4-6-13-26/h7-10H,4-6,11-17H2,1-3H3,(H2,22,23,24). The van der Waals surface area contributed by atoms with Crippen LogP contribution in [0.3, 0.4) is 0 Å². The van der Waals surface area contributed by atoms with Crippen LogP contribution in [0.15, 0.2) is 29.3 Å². The molecular weight excluding hydrogens is 370 g/mol. The minimum absolute atomic E-state index is 0.0291. The zero-order valence-corrected chi connectivity index (χ0v) is 18.4. The Labute approximate surface area is 174 Å². The van der Waals surface area contributed by atoms with Crippen molar-refractivity contribution in [2.24, 2.45) is 4.99 Å². The van der Waals surface area contributed by atoms with Gasteiger partial charge in [0, 0.05) is 32.9 Å². The van der Waals surface area contributed by atoms with Crippen LogP contribution >= 0.6 is 11.8 Å². The van der Waals surface area contributed by atoms with Crippen molar-refractivity contribution in [3.63, 3.8) is 0 Å². The average Bonchev–Trinajstić information content (AvgIpc) is 2.71. The first-order chi connectivity index (χ1) is 13.6. The molecular formula is C21H35N5OS. The van der Waals surface area contributed by atoms with Crippen LogP contribution in [-0.2, 0) is 17.9 Å². The molecule has 0 aliphatic carbocycles. The van der Waals surface area contributed by atoms with Gasteiger partial charge in [0.15, 0.2) is 5.96 Å². The van der Waals surface area contributed by atoms with E-state index in [9.17, 15) is 4.79 Å². The lowest BCUT2D eigenvalue weighted by Gasteiger charge is -2.26. The fraction of sp³-hybridized carbons (Fsp3) is 0.619. The number of likely N-dealkylation sites (tertiary alicyclic amines) is 1. The second kappa shape index (κ2) is 12.7. The highest BCUT2D eigenvalue weighted by molar-refractivity contribution is 7.98. The van der Waals surface area contributed by atoms with Crippen LogP contribution in [0, 0.1) is 0 Å². The molecule has 1 fully saturated rings. The van der Waals surface area contributed by atoms with Crippen molar-refractivity contribution >= 4 is 23.6 Å². The number of nitrogens with zero attached hydrogens (tertiary/aromatic N) is 3. The Kier molecular flexibility index (Phi) is 10.2. The van der Waals surface area contributed by atoms with Crippen molar-refractivity contribution in [3.8, 4) is 0 Å². The molecule has 0 spiro atoms. The second-order valence-corrected chi connectivity index (χ2v) is 8.37. The summed E-state index contributed by atoms with van der Waals surface area (Å²) in [5.41, 5.74) is 2.54. The maximum absolute atomic E-state index is 11.8. The summed E-state index contributed by atoms with van der Waals surface area (Å²) in [7, 11) is 3.51. The van der Waals surface area contributed by atoms with Gasteiger partial charge in [0.25, 0.3) is 0 Å². The number of piperidine rings is 1. The lowest BCUT2D eigenvalue weighted by molar-refractivity contribution is -0.127. The molecule has 1 aromatic carbocycles. The summed E-state index contributed by atoms with van der Waals surface area (Å²) in [4.78, 5) is 20.6. The van der Waals surface area contributed by atoms with Gasteiger partial charge in [-0.2, -0.15) is 11.8 Å². The predicted octanol–water partition coefficient (Wildman–Crippen LogP) is 2.16. The molecule has 0 saturated carbocycles. The van der Waals surface area contributed by atoms with Gasteiger partial charge in [0.05, 0.1) is 13.1 Å². The molecule has 1 aliphatic heterocycles. The number of likely N-dealkylation sites (N-methyl/N-ethyl adjacent to an activating group) is 1. The Morgan fingerprint density at radius 3 is 2.43 bits per heavy atom. The molecule has 0 unspecified atom stereocenters. The summed E-state index contributed by atoms with van der Waals surface area (Å²) >= 11 is 1.78. The minimum atomic E-state index is 0.0291. The van der Waals surface area contributed by atoms with E-state index in [0.717, 1.165) is 18.8 Å². The van der Waals surface area contributed by atoms with Crippen LogP contribution in [0.2, 0.25) is 0 Å². The molecule has 6 nitrogen and oxygen atoms in total. The molecule has 0 atom stereocenters. The third kappa shape index (κ3) is 8.52. The molecule has 156 valence electrons. The lowest BCUT2D eigenvalue weighted by atomic mass is 10.1. The van der Waals surface area contributed by atoms with Crippen molar-refractivity contribution in [2.45, 2.75) is 32.4 Å². The molecule has 2 N–H and O–H groups in total. The average molecular weight is 406 g/mol. The third-order valence-electron chi connectivity index (χ3n) is 4.80. The fourth-order valence-corrected chi connectivity index (χ4v) is 3.37. The molecule has 1 aromatic rings. The Morgan fingerprint density at radius 1 is 1.11 bits per heavy atom. The zero-order chi connectivity index (χ0) is 20.2. The van der Waals surface area contributed by atoms with E-state index >= 15 is 0 Å². The maximum atomic E-state index is 11.8. The monoisotopic (exact) mass is 405 g/mol. The van der Waals surface area contributed by atoms with Crippen LogP contribution in [-0.4, -0.2) is 73.9 Å². The van der Waals surface area contributed by atoms with Gasteiger partial charge in [-0.15, -0.1) is 0 Å². The van der Waals surface area contributed by atoms with E-state index in [1.807, 2.05) is 0 Å². The van der Waals surface area contributed by atoms with E-state index in [1.165, 1.54) is 43.5 Å². The highest BCUT2D eigenvalue weighted by atomic mass is 32.2. The number of carbonyl (C=O) groups is 1. The van der Waals surface area contributed by atoms with Gasteiger partial charge >= 0.3 is 0 Å². The van der Waals surface area contributed by atoms with Crippen LogP contribution in [0.25, 0.3) is 0 Å². The SMILES string of the molecule is CSCCNC(=NCc1ccc(CN2CCCCC2)cc1)NCC(=O)N(C)C. The van der Waals surface area contributed by atoms with Crippen molar-refractivity contribution in [2.75, 3.05) is 52.3 Å². The number of nitrogens with one attached hydrogen (secondary N) is 2. The highest BCUT2D eigenvalue weighted by Gasteiger charge is 2.10. The van der Waals surface area contributed by atoms with E-state index < -0.39 is 0 Å². The minimum Gasteiger partial charge on any atom is -0.356 e. The topological polar surface area (TPSA) is 60.0 Å². The van der Waals surface area contributed by atoms with E-state index in [4.69, 9.17) is 0 Å². The number of hydrogen-bond donors (Lipinski definition) is 2. The first-order valence-electron chi connectivity index (χ1n) is 10.1. The van der Waals surface area contributed by atoms with E-state index in [2.05, 4.69) is 51.0 Å². The summed E-state index contributed by atoms with van der Waals surface area (Å²) in [6, 6.07) is 8.74. The Bertz CT molecular complexity index is 612. The number of thioether (sulfide) groups is 1. The van der Waals surface area contributed by atoms with E-state index in [0.29, 0.717) is 12.5 Å². The molecule has 7 heteroatoms. The number of benzene rings is 1. The van der Waals surface area contributed by atoms with Crippen molar-refractivity contribution in [3.05, 3.63) is 35.4 Å². The van der Waals surface area contributed by atoms with Gasteiger partial charge in [0.2, 0.25) is 5.91 Å². The zero-order valence-electron chi connectivity index (χ0n) is 17.5. The molecule has 0 aromatic heterocycles. The van der Waals surface area contributed by atoms with E-state index in [1.54, 1.807) is 30.8 Å². The van der Waals surface area contributed by atoms with Crippen LogP contribution in [0.1, 0.15) is 30.4 Å². The molecule has 28 heavy (non-hydrogen) atoms. The number of hydrogen-bond acceptors (Lipinski definition) is 4. The lowest BCUT2D eigenvalue weighted by Crippen LogP contribution is -2.43. The Morgan fingerprint density at radius 2 is 1.79 bits per heavy atom. The van der Waals surface area contributed by atoms with Gasteiger partial charge in [-0.25, -0.2) is 4.99 Å². The normalized spacial score (nSPS) is 15.3.